The number of hydrogen-bond acceptors (Lipinski definition) is 2. The van der Waals surface area contributed by atoms with Crippen molar-refractivity contribution in [3.63, 3.8) is 0 Å². The van der Waals surface area contributed by atoms with E-state index in [9.17, 15) is 10.2 Å². The van der Waals surface area contributed by atoms with Crippen LogP contribution in [0.5, 0.6) is 11.5 Å². The maximum Gasteiger partial charge on any atom is 2.00 e. The van der Waals surface area contributed by atoms with E-state index in [1.807, 2.05) is 90.1 Å². The van der Waals surface area contributed by atoms with Gasteiger partial charge in [-0.25, -0.2) is 24.3 Å². The maximum atomic E-state index is 9.39. The van der Waals surface area contributed by atoms with Crippen molar-refractivity contribution in [1.82, 2.24) is 0 Å². The summed E-state index contributed by atoms with van der Waals surface area (Å²) in [6.07, 6.45) is 20.0. The second-order valence-corrected chi connectivity index (χ2v) is 7.35. The Kier molecular flexibility index (Phi) is 14.6. The van der Waals surface area contributed by atoms with E-state index in [2.05, 4.69) is 24.3 Å². The van der Waals surface area contributed by atoms with E-state index in [0.29, 0.717) is 11.5 Å². The molecule has 0 aliphatic heterocycles. The Morgan fingerprint density at radius 3 is 1.10 bits per heavy atom. The smallest absolute Gasteiger partial charge is 0.507 e. The molecule has 2 aliphatic carbocycles. The van der Waals surface area contributed by atoms with Crippen LogP contribution in [0.4, 0.5) is 0 Å². The van der Waals surface area contributed by atoms with Gasteiger partial charge >= 0.3 is 26.2 Å². The normalized spacial score (nSPS) is 12.1. The molecule has 0 fully saturated rings. The number of phenolic OH excluding ortho intramolecular Hbond substituents is 2. The van der Waals surface area contributed by atoms with Gasteiger partial charge in [0.1, 0.15) is 11.5 Å². The van der Waals surface area contributed by atoms with E-state index in [1.165, 1.54) is 0 Å². The molecule has 3 heteroatoms. The van der Waals surface area contributed by atoms with Gasteiger partial charge in [-0.15, -0.1) is 12.8 Å². The molecular formula is C28H34O2Zr. The summed E-state index contributed by atoms with van der Waals surface area (Å²) in [6, 6.07) is 7.89. The molecule has 0 unspecified atom stereocenters. The summed E-state index contributed by atoms with van der Waals surface area (Å²) in [5.74, 6) is 0.861. The summed E-state index contributed by atoms with van der Waals surface area (Å²) in [5, 5.41) is 18.8. The fraction of sp³-hybridized carbons (Fsp3) is 0.286. The minimum atomic E-state index is 0. The first-order chi connectivity index (χ1) is 14.3. The summed E-state index contributed by atoms with van der Waals surface area (Å²) in [7, 11) is 0. The number of benzene rings is 2. The standard InChI is InChI=1S/2C9H12O.2C5H5.Zr/c2*1-6-4-5-7(2)9(10)8(6)3;2*1-2-4-5-3-1;/h2*4-5,10H,1-3H3;2*1-3H,4H2;/q;;2*-1;+2. The van der Waals surface area contributed by atoms with E-state index in [0.717, 1.165) is 46.2 Å². The first kappa shape index (κ1) is 28.9. The summed E-state index contributed by atoms with van der Waals surface area (Å²) in [5.41, 5.74) is 6.15. The van der Waals surface area contributed by atoms with Gasteiger partial charge in [0.15, 0.2) is 0 Å². The van der Waals surface area contributed by atoms with Crippen LogP contribution in [-0.2, 0) is 26.2 Å². The zero-order chi connectivity index (χ0) is 22.5. The largest absolute Gasteiger partial charge is 2.00 e. The van der Waals surface area contributed by atoms with E-state index < -0.39 is 0 Å². The molecule has 2 aromatic rings. The molecule has 2 aliphatic rings. The monoisotopic (exact) mass is 492 g/mol. The minimum Gasteiger partial charge on any atom is -0.507 e. The van der Waals surface area contributed by atoms with Crippen LogP contribution in [0.3, 0.4) is 0 Å². The molecule has 2 N–H and O–H groups in total. The third kappa shape index (κ3) is 10.6. The van der Waals surface area contributed by atoms with Crippen molar-refractivity contribution >= 4 is 0 Å². The van der Waals surface area contributed by atoms with Gasteiger partial charge in [-0.05, 0) is 74.9 Å². The van der Waals surface area contributed by atoms with Gasteiger partial charge in [0.05, 0.1) is 0 Å². The first-order valence-corrected chi connectivity index (χ1v) is 10.2. The third-order valence-corrected chi connectivity index (χ3v) is 4.98. The molecule has 31 heavy (non-hydrogen) atoms. The van der Waals surface area contributed by atoms with Crippen molar-refractivity contribution in [2.45, 2.75) is 54.4 Å². The van der Waals surface area contributed by atoms with Crippen LogP contribution in [0.15, 0.2) is 60.7 Å². The summed E-state index contributed by atoms with van der Waals surface area (Å²) in [6.45, 7) is 11.7. The molecule has 0 radical (unpaired) electrons. The van der Waals surface area contributed by atoms with E-state index in [1.54, 1.807) is 0 Å². The van der Waals surface area contributed by atoms with Crippen LogP contribution in [0.25, 0.3) is 0 Å². The molecule has 2 nitrogen and oxygen atoms in total. The summed E-state index contributed by atoms with van der Waals surface area (Å²) < 4.78 is 0. The van der Waals surface area contributed by atoms with Gasteiger partial charge in [0, 0.05) is 0 Å². The molecule has 0 amide bonds. The van der Waals surface area contributed by atoms with Gasteiger partial charge in [0.2, 0.25) is 0 Å². The Hall–Kier alpha value is -2.12. The second kappa shape index (κ2) is 15.7. The molecule has 0 saturated heterocycles. The Balaban J connectivity index is 0.000000401. The first-order valence-electron chi connectivity index (χ1n) is 10.2. The maximum absolute atomic E-state index is 9.39. The molecule has 4 rings (SSSR count). The molecule has 0 aromatic heterocycles. The van der Waals surface area contributed by atoms with Crippen molar-refractivity contribution < 1.29 is 36.4 Å². The van der Waals surface area contributed by atoms with Crippen LogP contribution < -0.4 is 0 Å². The number of phenols is 2. The number of hydrogen-bond donors (Lipinski definition) is 2. The van der Waals surface area contributed by atoms with E-state index in [-0.39, 0.29) is 26.2 Å². The summed E-state index contributed by atoms with van der Waals surface area (Å²) >= 11 is 0. The van der Waals surface area contributed by atoms with Crippen LogP contribution in [0.2, 0.25) is 0 Å². The van der Waals surface area contributed by atoms with Crippen LogP contribution in [0.1, 0.15) is 46.2 Å². The van der Waals surface area contributed by atoms with Crippen molar-refractivity contribution in [3.8, 4) is 11.5 Å². The molecule has 0 atom stereocenters. The van der Waals surface area contributed by atoms with Crippen LogP contribution >= 0.6 is 0 Å². The molecule has 162 valence electrons. The molecule has 0 spiro atoms. The van der Waals surface area contributed by atoms with Crippen LogP contribution in [0, 0.1) is 53.7 Å². The average Bonchev–Trinajstić information content (AvgIpc) is 3.50. The zero-order valence-electron chi connectivity index (χ0n) is 19.6. The Bertz CT molecular complexity index is 783. The van der Waals surface area contributed by atoms with Gasteiger partial charge in [-0.3, -0.25) is 12.2 Å². The Morgan fingerprint density at radius 2 is 0.903 bits per heavy atom. The van der Waals surface area contributed by atoms with E-state index in [4.69, 9.17) is 0 Å². The third-order valence-electron chi connectivity index (χ3n) is 4.98. The number of allylic oxidation sites excluding steroid dienone is 8. The van der Waals surface area contributed by atoms with Crippen molar-refractivity contribution in [2.75, 3.05) is 0 Å². The second-order valence-electron chi connectivity index (χ2n) is 7.35. The van der Waals surface area contributed by atoms with E-state index >= 15 is 0 Å². The molecule has 0 heterocycles. The minimum absolute atomic E-state index is 0. The molecule has 2 aromatic carbocycles. The van der Waals surface area contributed by atoms with Gasteiger partial charge < -0.3 is 10.2 Å². The number of rotatable bonds is 0. The predicted octanol–water partition coefficient (Wildman–Crippen LogP) is 7.24. The Labute approximate surface area is 207 Å². The quantitative estimate of drug-likeness (QED) is 0.380. The van der Waals surface area contributed by atoms with Gasteiger partial charge in [0.25, 0.3) is 0 Å². The topological polar surface area (TPSA) is 40.5 Å². The fourth-order valence-corrected chi connectivity index (χ4v) is 2.55. The summed E-state index contributed by atoms with van der Waals surface area (Å²) in [4.78, 5) is 0. The Morgan fingerprint density at radius 1 is 0.581 bits per heavy atom. The van der Waals surface area contributed by atoms with Crippen LogP contribution in [-0.4, -0.2) is 10.2 Å². The average molecular weight is 494 g/mol. The van der Waals surface area contributed by atoms with Gasteiger partial charge in [-0.2, -0.15) is 12.2 Å². The molecular weight excluding hydrogens is 460 g/mol. The molecule has 0 bridgehead atoms. The SMILES string of the molecule is Cc1ccc(C)c(O)c1C.Cc1ccc(C)c(O)c1C.[C-]1=CC=CC1.[C-]1=CC=CC1.[Zr+2]. The predicted molar refractivity (Wildman–Crippen MR) is 128 cm³/mol. The number of aromatic hydroxyl groups is 2. The van der Waals surface area contributed by atoms with Crippen molar-refractivity contribution in [3.05, 3.63) is 106 Å². The van der Waals surface area contributed by atoms with Gasteiger partial charge in [-0.1, -0.05) is 24.3 Å². The molecule has 0 saturated carbocycles. The number of aryl methyl sites for hydroxylation is 4. The zero-order valence-corrected chi connectivity index (χ0v) is 22.0. The fourth-order valence-electron chi connectivity index (χ4n) is 2.55. The van der Waals surface area contributed by atoms with Crippen molar-refractivity contribution in [1.29, 1.82) is 0 Å². The van der Waals surface area contributed by atoms with Crippen molar-refractivity contribution in [2.24, 2.45) is 0 Å².